The number of anilines is 1. The fraction of sp³-hybridized carbons (Fsp3) is 0.455. The average molecular weight is 252 g/mol. The molecule has 0 unspecified atom stereocenters. The summed E-state index contributed by atoms with van der Waals surface area (Å²) in [5.41, 5.74) is 0.527. The maximum Gasteiger partial charge on any atom is 0.151 e. The zero-order chi connectivity index (χ0) is 12.1. The van der Waals surface area contributed by atoms with Crippen molar-refractivity contribution in [3.63, 3.8) is 0 Å². The number of hydrogen-bond acceptors (Lipinski definition) is 5. The molecule has 90 valence electrons. The Morgan fingerprint density at radius 2 is 2.00 bits per heavy atom. The Bertz CT molecular complexity index is 545. The van der Waals surface area contributed by atoms with E-state index < -0.39 is 9.84 Å². The number of carbonyl (C=O) groups excluding carboxylic acids is 1. The predicted octanol–water partition coefficient (Wildman–Crippen LogP) is 0.129. The number of rotatable bonds is 2. The van der Waals surface area contributed by atoms with E-state index in [2.05, 4.69) is 4.98 Å². The van der Waals surface area contributed by atoms with Gasteiger partial charge in [0, 0.05) is 30.3 Å². The van der Waals surface area contributed by atoms with Gasteiger partial charge in [0.2, 0.25) is 0 Å². The summed E-state index contributed by atoms with van der Waals surface area (Å²) in [6.45, 7) is 1.50. The molecule has 6 heteroatoms. The molecule has 2 aliphatic rings. The van der Waals surface area contributed by atoms with Gasteiger partial charge in [0.15, 0.2) is 16.1 Å². The van der Waals surface area contributed by atoms with Gasteiger partial charge in [0.1, 0.15) is 5.82 Å². The van der Waals surface area contributed by atoms with Gasteiger partial charge in [-0.05, 0) is 12.1 Å². The van der Waals surface area contributed by atoms with Gasteiger partial charge in [-0.2, -0.15) is 0 Å². The SMILES string of the molecule is O=Cc1ccc(N2CC3(C2)CS(=O)(=O)C3)nc1. The topological polar surface area (TPSA) is 67.3 Å². The first kappa shape index (κ1) is 10.7. The molecule has 0 amide bonds. The molecule has 17 heavy (non-hydrogen) atoms. The molecule has 0 atom stereocenters. The summed E-state index contributed by atoms with van der Waals surface area (Å²) >= 11 is 0. The van der Waals surface area contributed by atoms with Gasteiger partial charge in [-0.25, -0.2) is 13.4 Å². The molecule has 0 bridgehead atoms. The summed E-state index contributed by atoms with van der Waals surface area (Å²) in [4.78, 5) is 16.7. The van der Waals surface area contributed by atoms with Crippen LogP contribution in [0.2, 0.25) is 0 Å². The molecule has 5 nitrogen and oxygen atoms in total. The fourth-order valence-electron chi connectivity index (χ4n) is 2.65. The number of pyridine rings is 1. The summed E-state index contributed by atoms with van der Waals surface area (Å²) in [5.74, 6) is 1.43. The van der Waals surface area contributed by atoms with Crippen molar-refractivity contribution < 1.29 is 13.2 Å². The molecule has 0 N–H and O–H groups in total. The lowest BCUT2D eigenvalue weighted by molar-refractivity contribution is 0.112. The highest BCUT2D eigenvalue weighted by molar-refractivity contribution is 7.92. The monoisotopic (exact) mass is 252 g/mol. The van der Waals surface area contributed by atoms with Crippen molar-refractivity contribution in [1.82, 2.24) is 4.98 Å². The van der Waals surface area contributed by atoms with Crippen LogP contribution in [0.25, 0.3) is 0 Å². The second kappa shape index (κ2) is 3.29. The Balaban J connectivity index is 1.67. The lowest BCUT2D eigenvalue weighted by atomic mass is 9.83. The first-order chi connectivity index (χ1) is 8.02. The minimum absolute atomic E-state index is 0.0240. The molecule has 2 fully saturated rings. The van der Waals surface area contributed by atoms with Gasteiger partial charge in [-0.15, -0.1) is 0 Å². The van der Waals surface area contributed by atoms with Crippen LogP contribution < -0.4 is 4.90 Å². The van der Waals surface area contributed by atoms with Gasteiger partial charge >= 0.3 is 0 Å². The quantitative estimate of drug-likeness (QED) is 0.700. The van der Waals surface area contributed by atoms with Crippen molar-refractivity contribution in [2.75, 3.05) is 29.5 Å². The highest BCUT2D eigenvalue weighted by atomic mass is 32.2. The van der Waals surface area contributed by atoms with Gasteiger partial charge in [0.05, 0.1) is 11.5 Å². The van der Waals surface area contributed by atoms with Crippen molar-refractivity contribution in [3.8, 4) is 0 Å². The van der Waals surface area contributed by atoms with Gasteiger partial charge in [-0.1, -0.05) is 0 Å². The zero-order valence-corrected chi connectivity index (χ0v) is 9.98. The summed E-state index contributed by atoms with van der Waals surface area (Å²) in [6, 6.07) is 3.52. The molecule has 2 saturated heterocycles. The molecule has 0 aliphatic carbocycles. The highest BCUT2D eigenvalue weighted by Gasteiger charge is 2.56. The minimum atomic E-state index is -2.76. The molecular weight excluding hydrogens is 240 g/mol. The normalized spacial score (nSPS) is 23.9. The van der Waals surface area contributed by atoms with Crippen LogP contribution >= 0.6 is 0 Å². The van der Waals surface area contributed by atoms with Crippen LogP contribution in [-0.4, -0.2) is 44.3 Å². The first-order valence-corrected chi connectivity index (χ1v) is 7.21. The third kappa shape index (κ3) is 1.72. The Morgan fingerprint density at radius 3 is 2.47 bits per heavy atom. The molecular formula is C11H12N2O3S. The third-order valence-electron chi connectivity index (χ3n) is 3.34. The first-order valence-electron chi connectivity index (χ1n) is 5.39. The summed E-state index contributed by atoms with van der Waals surface area (Å²) < 4.78 is 22.3. The molecule has 3 heterocycles. The Kier molecular flexibility index (Phi) is 2.07. The van der Waals surface area contributed by atoms with Gasteiger partial charge < -0.3 is 4.90 Å². The maximum absolute atomic E-state index is 11.1. The summed E-state index contributed by atoms with van der Waals surface area (Å²) in [7, 11) is -2.76. The predicted molar refractivity (Wildman–Crippen MR) is 62.9 cm³/mol. The standard InChI is InChI=1S/C11H12N2O3S/c14-4-9-1-2-10(12-3-9)13-5-11(6-13)7-17(15,16)8-11/h1-4H,5-8H2. The smallest absolute Gasteiger partial charge is 0.151 e. The highest BCUT2D eigenvalue weighted by Crippen LogP contribution is 2.42. The van der Waals surface area contributed by atoms with E-state index in [-0.39, 0.29) is 5.41 Å². The van der Waals surface area contributed by atoms with Crippen molar-refractivity contribution in [2.45, 2.75) is 0 Å². The molecule has 0 radical (unpaired) electrons. The maximum atomic E-state index is 11.1. The van der Waals surface area contributed by atoms with Crippen LogP contribution in [0.5, 0.6) is 0 Å². The number of aromatic nitrogens is 1. The third-order valence-corrected chi connectivity index (χ3v) is 5.44. The molecule has 0 aromatic carbocycles. The van der Waals surface area contributed by atoms with E-state index in [1.807, 2.05) is 4.90 Å². The van der Waals surface area contributed by atoms with E-state index in [0.29, 0.717) is 17.1 Å². The number of hydrogen-bond donors (Lipinski definition) is 0. The molecule has 3 rings (SSSR count). The number of carbonyl (C=O) groups is 1. The van der Waals surface area contributed by atoms with Crippen LogP contribution in [0.1, 0.15) is 10.4 Å². The number of sulfone groups is 1. The van der Waals surface area contributed by atoms with E-state index in [9.17, 15) is 13.2 Å². The van der Waals surface area contributed by atoms with E-state index in [1.165, 1.54) is 6.20 Å². The van der Waals surface area contributed by atoms with Crippen molar-refractivity contribution in [1.29, 1.82) is 0 Å². The van der Waals surface area contributed by atoms with Crippen LogP contribution in [-0.2, 0) is 9.84 Å². The Labute approximate surface area is 99.4 Å². The number of aldehydes is 1. The summed E-state index contributed by atoms with van der Waals surface area (Å²) in [6.07, 6.45) is 2.29. The van der Waals surface area contributed by atoms with Crippen LogP contribution in [0.4, 0.5) is 5.82 Å². The van der Waals surface area contributed by atoms with E-state index >= 15 is 0 Å². The van der Waals surface area contributed by atoms with E-state index in [1.54, 1.807) is 12.1 Å². The largest absolute Gasteiger partial charge is 0.355 e. The molecule has 0 saturated carbocycles. The second-order valence-electron chi connectivity index (χ2n) is 4.96. The number of nitrogens with zero attached hydrogens (tertiary/aromatic N) is 2. The average Bonchev–Trinajstić information content (AvgIpc) is 2.22. The Hall–Kier alpha value is -1.43. The van der Waals surface area contributed by atoms with Crippen LogP contribution in [0, 0.1) is 5.41 Å². The van der Waals surface area contributed by atoms with E-state index in [4.69, 9.17) is 0 Å². The minimum Gasteiger partial charge on any atom is -0.355 e. The van der Waals surface area contributed by atoms with Gasteiger partial charge in [0.25, 0.3) is 0 Å². The molecule has 1 spiro atoms. The van der Waals surface area contributed by atoms with Crippen LogP contribution in [0.3, 0.4) is 0 Å². The fourth-order valence-corrected chi connectivity index (χ4v) is 4.80. The van der Waals surface area contributed by atoms with Crippen molar-refractivity contribution >= 4 is 21.9 Å². The van der Waals surface area contributed by atoms with Gasteiger partial charge in [-0.3, -0.25) is 4.79 Å². The molecule has 1 aromatic heterocycles. The van der Waals surface area contributed by atoms with Crippen LogP contribution in [0.15, 0.2) is 18.3 Å². The van der Waals surface area contributed by atoms with Crippen molar-refractivity contribution in [2.24, 2.45) is 5.41 Å². The Morgan fingerprint density at radius 1 is 1.29 bits per heavy atom. The zero-order valence-electron chi connectivity index (χ0n) is 9.17. The molecule has 1 aromatic rings. The lowest BCUT2D eigenvalue weighted by Crippen LogP contribution is -2.68. The van der Waals surface area contributed by atoms with Crippen molar-refractivity contribution in [3.05, 3.63) is 23.9 Å². The second-order valence-corrected chi connectivity index (χ2v) is 7.02. The van der Waals surface area contributed by atoms with E-state index in [0.717, 1.165) is 25.2 Å². The lowest BCUT2D eigenvalue weighted by Gasteiger charge is -2.55. The molecule has 2 aliphatic heterocycles. The summed E-state index contributed by atoms with van der Waals surface area (Å²) in [5, 5.41) is 0.